The Kier molecular flexibility index (Phi) is 5.96. The van der Waals surface area contributed by atoms with Crippen LogP contribution >= 0.6 is 0 Å². The summed E-state index contributed by atoms with van der Waals surface area (Å²) in [5, 5.41) is 13.6. The number of H-pyrrole nitrogens is 1. The van der Waals surface area contributed by atoms with E-state index in [4.69, 9.17) is 15.0 Å². The summed E-state index contributed by atoms with van der Waals surface area (Å²) < 4.78 is 13.2. The van der Waals surface area contributed by atoms with Crippen LogP contribution < -0.4 is 11.2 Å². The Labute approximate surface area is 160 Å². The van der Waals surface area contributed by atoms with Crippen LogP contribution in [0.2, 0.25) is 0 Å². The summed E-state index contributed by atoms with van der Waals surface area (Å²) >= 11 is 0. The molecular formula is C18H21N5O5. The number of nitrogens with zero attached hydrogens (tertiary/aromatic N) is 4. The lowest BCUT2D eigenvalue weighted by Crippen LogP contribution is -2.47. The number of rotatable bonds is 7. The van der Waals surface area contributed by atoms with Gasteiger partial charge < -0.3 is 14.6 Å². The van der Waals surface area contributed by atoms with E-state index in [1.54, 1.807) is 6.92 Å². The molecule has 0 aliphatic carbocycles. The van der Waals surface area contributed by atoms with Crippen molar-refractivity contribution in [3.8, 4) is 0 Å². The molecule has 10 heteroatoms. The minimum absolute atomic E-state index is 0.160. The van der Waals surface area contributed by atoms with Crippen LogP contribution in [0, 0.1) is 6.92 Å². The van der Waals surface area contributed by atoms with Gasteiger partial charge in [0.1, 0.15) is 11.8 Å². The van der Waals surface area contributed by atoms with Crippen molar-refractivity contribution in [3.05, 3.63) is 78.9 Å². The number of hydrogen-bond donors (Lipinski definition) is 2. The Morgan fingerprint density at radius 2 is 2.18 bits per heavy atom. The summed E-state index contributed by atoms with van der Waals surface area (Å²) in [6.45, 7) is 1.22. The number of ether oxygens (including phenoxy) is 2. The van der Waals surface area contributed by atoms with Crippen LogP contribution in [0.15, 0.2) is 51.2 Å². The molecule has 3 atom stereocenters. The van der Waals surface area contributed by atoms with Crippen LogP contribution in [0.25, 0.3) is 10.4 Å². The first-order valence-corrected chi connectivity index (χ1v) is 8.76. The molecule has 148 valence electrons. The number of aromatic amines is 1. The summed E-state index contributed by atoms with van der Waals surface area (Å²) in [6, 6.07) is 9.46. The second-order valence-electron chi connectivity index (χ2n) is 6.68. The number of hydrogen-bond acceptors (Lipinski definition) is 6. The maximum atomic E-state index is 12.2. The molecule has 1 aromatic heterocycles. The molecular weight excluding hydrogens is 366 g/mol. The van der Waals surface area contributed by atoms with Crippen molar-refractivity contribution in [2.24, 2.45) is 5.11 Å². The predicted octanol–water partition coefficient (Wildman–Crippen LogP) is 1.39. The average Bonchev–Trinajstić information content (AvgIpc) is 3.07. The number of nitrogens with one attached hydrogen (secondary N) is 1. The summed E-state index contributed by atoms with van der Waals surface area (Å²) in [5.74, 6) is 0. The molecule has 1 saturated heterocycles. The summed E-state index contributed by atoms with van der Waals surface area (Å²) in [4.78, 5) is 28.8. The predicted molar refractivity (Wildman–Crippen MR) is 99.6 cm³/mol. The van der Waals surface area contributed by atoms with Gasteiger partial charge in [0.15, 0.2) is 0 Å². The second-order valence-corrected chi connectivity index (χ2v) is 6.68. The topological polar surface area (TPSA) is 142 Å². The maximum absolute atomic E-state index is 12.2. The molecule has 1 aliphatic heterocycles. The van der Waals surface area contributed by atoms with Crippen molar-refractivity contribution in [1.82, 2.24) is 9.55 Å². The Morgan fingerprint density at radius 3 is 2.86 bits per heavy atom. The highest BCUT2D eigenvalue weighted by Crippen LogP contribution is 2.38. The van der Waals surface area contributed by atoms with Gasteiger partial charge in [0.05, 0.1) is 25.9 Å². The molecule has 1 aliphatic rings. The van der Waals surface area contributed by atoms with Crippen molar-refractivity contribution in [3.63, 3.8) is 0 Å². The van der Waals surface area contributed by atoms with Crippen molar-refractivity contribution in [2.75, 3.05) is 13.2 Å². The first-order chi connectivity index (χ1) is 13.5. The van der Waals surface area contributed by atoms with Gasteiger partial charge in [-0.1, -0.05) is 35.4 Å². The molecule has 2 aromatic rings. The number of aromatic nitrogens is 2. The Balaban J connectivity index is 1.89. The van der Waals surface area contributed by atoms with E-state index in [-0.39, 0.29) is 19.6 Å². The van der Waals surface area contributed by atoms with Gasteiger partial charge in [-0.05, 0) is 18.0 Å². The highest BCUT2D eigenvalue weighted by molar-refractivity contribution is 5.14. The first kappa shape index (κ1) is 19.8. The number of azide groups is 1. The third kappa shape index (κ3) is 4.00. The van der Waals surface area contributed by atoms with Crippen LogP contribution in [0.3, 0.4) is 0 Å². The van der Waals surface area contributed by atoms with Gasteiger partial charge >= 0.3 is 5.69 Å². The number of benzene rings is 1. The fourth-order valence-corrected chi connectivity index (χ4v) is 3.23. The summed E-state index contributed by atoms with van der Waals surface area (Å²) in [6.07, 6.45) is 0.220. The Hall–Kier alpha value is -2.91. The molecule has 0 saturated carbocycles. The van der Waals surface area contributed by atoms with E-state index in [2.05, 4.69) is 15.0 Å². The van der Waals surface area contributed by atoms with E-state index in [0.717, 1.165) is 5.56 Å². The standard InChI is InChI=1S/C18H21N5O5/c1-12-8-23(17(26)21-16(12)25)15-7-14(18(11-24,28-15)10-20-22-19)27-9-13-5-3-2-4-6-13/h2-6,8,14-15,24H,7,9-11H2,1H3,(H,21,25,26)/t14?,15-,18+/m1/s1. The van der Waals surface area contributed by atoms with E-state index in [9.17, 15) is 14.7 Å². The third-order valence-corrected chi connectivity index (χ3v) is 4.79. The van der Waals surface area contributed by atoms with E-state index < -0.39 is 35.8 Å². The average molecular weight is 387 g/mol. The largest absolute Gasteiger partial charge is 0.393 e. The van der Waals surface area contributed by atoms with Gasteiger partial charge in [-0.15, -0.1) is 0 Å². The lowest BCUT2D eigenvalue weighted by atomic mass is 9.97. The van der Waals surface area contributed by atoms with E-state index >= 15 is 0 Å². The lowest BCUT2D eigenvalue weighted by molar-refractivity contribution is -0.137. The first-order valence-electron chi connectivity index (χ1n) is 8.76. The Bertz CT molecular complexity index is 982. The van der Waals surface area contributed by atoms with Crippen molar-refractivity contribution < 1.29 is 14.6 Å². The van der Waals surface area contributed by atoms with Crippen LogP contribution in [0.1, 0.15) is 23.8 Å². The number of aryl methyl sites for hydroxylation is 1. The molecule has 10 nitrogen and oxygen atoms in total. The zero-order chi connectivity index (χ0) is 20.1. The zero-order valence-electron chi connectivity index (χ0n) is 15.3. The highest BCUT2D eigenvalue weighted by atomic mass is 16.6. The minimum Gasteiger partial charge on any atom is -0.393 e. The summed E-state index contributed by atoms with van der Waals surface area (Å²) in [5.41, 5.74) is 7.59. The van der Waals surface area contributed by atoms with Gasteiger partial charge in [-0.25, -0.2) is 4.79 Å². The van der Waals surface area contributed by atoms with Gasteiger partial charge in [-0.2, -0.15) is 0 Å². The molecule has 0 amide bonds. The van der Waals surface area contributed by atoms with Gasteiger partial charge in [0.2, 0.25) is 0 Å². The molecule has 1 unspecified atom stereocenters. The lowest BCUT2D eigenvalue weighted by Gasteiger charge is -2.31. The molecule has 28 heavy (non-hydrogen) atoms. The molecule has 0 radical (unpaired) electrons. The minimum atomic E-state index is -1.30. The molecule has 3 rings (SSSR count). The highest BCUT2D eigenvalue weighted by Gasteiger charge is 2.50. The van der Waals surface area contributed by atoms with E-state index in [1.807, 2.05) is 30.3 Å². The van der Waals surface area contributed by atoms with Crippen LogP contribution in [-0.4, -0.2) is 39.5 Å². The number of aliphatic hydroxyl groups is 1. The van der Waals surface area contributed by atoms with Crippen LogP contribution in [0.5, 0.6) is 0 Å². The smallest absolute Gasteiger partial charge is 0.330 e. The molecule has 2 N–H and O–H groups in total. The SMILES string of the molecule is Cc1cn([C@H]2CC(OCc3ccccc3)[C@@](CO)(CN=[N+]=[N-])O2)c(=O)[nH]c1=O. The molecule has 1 fully saturated rings. The fraction of sp³-hybridized carbons (Fsp3) is 0.444. The van der Waals surface area contributed by atoms with E-state index in [0.29, 0.717) is 5.56 Å². The summed E-state index contributed by atoms with van der Waals surface area (Å²) in [7, 11) is 0. The molecule has 0 bridgehead atoms. The Morgan fingerprint density at radius 1 is 1.43 bits per heavy atom. The molecule has 0 spiro atoms. The maximum Gasteiger partial charge on any atom is 0.330 e. The van der Waals surface area contributed by atoms with Crippen LogP contribution in [-0.2, 0) is 16.1 Å². The van der Waals surface area contributed by atoms with Gasteiger partial charge in [0.25, 0.3) is 5.56 Å². The second kappa shape index (κ2) is 8.41. The quantitative estimate of drug-likeness (QED) is 0.419. The van der Waals surface area contributed by atoms with Crippen molar-refractivity contribution in [1.29, 1.82) is 0 Å². The third-order valence-electron chi connectivity index (χ3n) is 4.79. The van der Waals surface area contributed by atoms with Crippen LogP contribution in [0.4, 0.5) is 0 Å². The van der Waals surface area contributed by atoms with Crippen molar-refractivity contribution >= 4 is 0 Å². The normalized spacial score (nSPS) is 24.1. The molecule has 2 heterocycles. The van der Waals surface area contributed by atoms with Crippen molar-refractivity contribution in [2.45, 2.75) is 37.9 Å². The van der Waals surface area contributed by atoms with E-state index in [1.165, 1.54) is 10.8 Å². The molecule has 1 aromatic carbocycles. The monoisotopic (exact) mass is 387 g/mol. The fourth-order valence-electron chi connectivity index (χ4n) is 3.23. The van der Waals surface area contributed by atoms with Gasteiger partial charge in [0, 0.05) is 23.1 Å². The zero-order valence-corrected chi connectivity index (χ0v) is 15.3. The van der Waals surface area contributed by atoms with Gasteiger partial charge in [-0.3, -0.25) is 14.3 Å². The number of aliphatic hydroxyl groups excluding tert-OH is 1.